The molecule has 1 aromatic rings. The molecule has 2 heterocycles. The van der Waals surface area contributed by atoms with Crippen LogP contribution in [0.25, 0.3) is 10.4 Å². The second kappa shape index (κ2) is 10.1. The third-order valence-electron chi connectivity index (χ3n) is 8.01. The van der Waals surface area contributed by atoms with Gasteiger partial charge >= 0.3 is 0 Å². The molecule has 1 amide bonds. The molecule has 1 N–H and O–H groups in total. The van der Waals surface area contributed by atoms with Gasteiger partial charge < -0.3 is 15.1 Å². The van der Waals surface area contributed by atoms with Crippen LogP contribution in [-0.4, -0.2) is 54.1 Å². The summed E-state index contributed by atoms with van der Waals surface area (Å²) in [4.78, 5) is 25.6. The van der Waals surface area contributed by atoms with Crippen LogP contribution in [0.5, 0.6) is 0 Å². The lowest BCUT2D eigenvalue weighted by Crippen LogP contribution is -2.53. The molecular weight excluding hydrogens is 434 g/mol. The van der Waals surface area contributed by atoms with Gasteiger partial charge in [0.05, 0.1) is 0 Å². The van der Waals surface area contributed by atoms with Crippen LogP contribution in [0.4, 0.5) is 5.69 Å². The van der Waals surface area contributed by atoms with E-state index < -0.39 is 0 Å². The molecule has 186 valence electrons. The molecule has 0 bridgehead atoms. The Balaban J connectivity index is 1.64. The van der Waals surface area contributed by atoms with E-state index in [1.54, 1.807) is 6.08 Å². The summed E-state index contributed by atoms with van der Waals surface area (Å²) < 4.78 is 0. The van der Waals surface area contributed by atoms with Crippen molar-refractivity contribution in [2.45, 2.75) is 65.8 Å². The maximum atomic E-state index is 13.0. The van der Waals surface area contributed by atoms with Gasteiger partial charge in [0, 0.05) is 49.4 Å². The van der Waals surface area contributed by atoms with Crippen molar-refractivity contribution < 1.29 is 4.79 Å². The fourth-order valence-corrected chi connectivity index (χ4v) is 5.25. The minimum Gasteiger partial charge on any atom is -0.361 e. The summed E-state index contributed by atoms with van der Waals surface area (Å²) in [5.41, 5.74) is 5.13. The van der Waals surface area contributed by atoms with Gasteiger partial charge in [0.15, 0.2) is 5.71 Å². The van der Waals surface area contributed by atoms with Gasteiger partial charge in [-0.1, -0.05) is 45.6 Å². The van der Waals surface area contributed by atoms with E-state index in [9.17, 15) is 4.79 Å². The number of hydrogen-bond donors (Lipinski definition) is 1. The fraction of sp³-hybridized carbons (Fsp3) is 0.552. The number of likely N-dealkylation sites (N-methyl/N-ethyl adjacent to an activating group) is 1. The second-order valence-corrected chi connectivity index (χ2v) is 11.2. The molecule has 0 spiro atoms. The Hall–Kier alpha value is -2.75. The largest absolute Gasteiger partial charge is 0.361 e. The van der Waals surface area contributed by atoms with Crippen LogP contribution in [0.1, 0.15) is 71.4 Å². The molecule has 0 radical (unpaired) electrons. The lowest BCUT2D eigenvalue weighted by molar-refractivity contribution is -0.110. The predicted octanol–water partition coefficient (Wildman–Crippen LogP) is 5.70. The van der Waals surface area contributed by atoms with Crippen LogP contribution in [-0.2, 0) is 10.3 Å². The molecule has 0 aromatic heterocycles. The molecule has 6 nitrogen and oxygen atoms in total. The van der Waals surface area contributed by atoms with Crippen molar-refractivity contribution in [3.8, 4) is 0 Å². The van der Waals surface area contributed by atoms with E-state index in [0.29, 0.717) is 23.4 Å². The third-order valence-corrected chi connectivity index (χ3v) is 8.01. The number of nitrogens with zero attached hydrogens (tertiary/aromatic N) is 4. The first kappa shape index (κ1) is 25.3. The number of benzene rings is 1. The summed E-state index contributed by atoms with van der Waals surface area (Å²) in [6, 6.07) is 6.52. The summed E-state index contributed by atoms with van der Waals surface area (Å²) in [6.45, 7) is 24.1. The predicted molar refractivity (Wildman–Crippen MR) is 144 cm³/mol. The van der Waals surface area contributed by atoms with Crippen LogP contribution in [0.3, 0.4) is 0 Å². The number of amides is 1. The maximum Gasteiger partial charge on any atom is 0.293 e. The normalized spacial score (nSPS) is 21.1. The Morgan fingerprint density at radius 3 is 2.54 bits per heavy atom. The van der Waals surface area contributed by atoms with E-state index in [4.69, 9.17) is 6.57 Å². The molecule has 0 unspecified atom stereocenters. The van der Waals surface area contributed by atoms with Crippen LogP contribution in [0, 0.1) is 12.0 Å². The SMILES string of the molecule is [C-]#[N+]C1=CCC(C(=O)Nc2ccc(C(C)(C)N3CCN(CC)CC3)cc2C2=CCC(C)(C)CC2)=N1. The Labute approximate surface area is 210 Å². The van der Waals surface area contributed by atoms with Crippen LogP contribution in [0.15, 0.2) is 41.2 Å². The number of piperazine rings is 1. The van der Waals surface area contributed by atoms with E-state index in [1.165, 1.54) is 11.1 Å². The quantitative estimate of drug-likeness (QED) is 0.540. The zero-order chi connectivity index (χ0) is 25.2. The Morgan fingerprint density at radius 1 is 1.20 bits per heavy atom. The second-order valence-electron chi connectivity index (χ2n) is 11.2. The highest BCUT2D eigenvalue weighted by Gasteiger charge is 2.33. The molecule has 6 heteroatoms. The fourth-order valence-electron chi connectivity index (χ4n) is 5.25. The van der Waals surface area contributed by atoms with E-state index >= 15 is 0 Å². The molecule has 0 atom stereocenters. The van der Waals surface area contributed by atoms with Crippen molar-refractivity contribution in [2.75, 3.05) is 38.0 Å². The molecule has 35 heavy (non-hydrogen) atoms. The van der Waals surface area contributed by atoms with Crippen molar-refractivity contribution in [3.63, 3.8) is 0 Å². The number of carbonyl (C=O) groups excluding carboxylic acids is 1. The van der Waals surface area contributed by atoms with Gasteiger partial charge in [0.1, 0.15) is 0 Å². The zero-order valence-electron chi connectivity index (χ0n) is 21.9. The van der Waals surface area contributed by atoms with Gasteiger partial charge in [-0.2, -0.15) is 0 Å². The number of nitrogens with one attached hydrogen (secondary N) is 1. The third kappa shape index (κ3) is 5.58. The van der Waals surface area contributed by atoms with E-state index in [-0.39, 0.29) is 11.4 Å². The number of allylic oxidation sites excluding steroid dienone is 3. The van der Waals surface area contributed by atoms with Gasteiger partial charge in [-0.25, -0.2) is 0 Å². The molecule has 1 aliphatic carbocycles. The van der Waals surface area contributed by atoms with Crippen LogP contribution in [0.2, 0.25) is 0 Å². The highest BCUT2D eigenvalue weighted by Crippen LogP contribution is 2.41. The van der Waals surface area contributed by atoms with Gasteiger partial charge in [0.25, 0.3) is 11.7 Å². The summed E-state index contributed by atoms with van der Waals surface area (Å²) in [5.74, 6) is 0.0773. The molecule has 3 aliphatic rings. The van der Waals surface area contributed by atoms with Crippen molar-refractivity contribution >= 4 is 22.9 Å². The lowest BCUT2D eigenvalue weighted by atomic mass is 9.76. The van der Waals surface area contributed by atoms with Crippen molar-refractivity contribution in [3.05, 3.63) is 58.7 Å². The van der Waals surface area contributed by atoms with Gasteiger partial charge in [0.2, 0.25) is 0 Å². The van der Waals surface area contributed by atoms with Crippen molar-refractivity contribution in [1.29, 1.82) is 0 Å². The number of hydrogen-bond acceptors (Lipinski definition) is 4. The average molecular weight is 474 g/mol. The van der Waals surface area contributed by atoms with Crippen LogP contribution >= 0.6 is 0 Å². The Kier molecular flexibility index (Phi) is 7.30. The van der Waals surface area contributed by atoms with E-state index in [1.807, 2.05) is 0 Å². The smallest absolute Gasteiger partial charge is 0.293 e. The first-order valence-corrected chi connectivity index (χ1v) is 12.9. The van der Waals surface area contributed by atoms with Gasteiger partial charge in [-0.15, -0.1) is 4.99 Å². The summed E-state index contributed by atoms with van der Waals surface area (Å²) in [7, 11) is 0. The Morgan fingerprint density at radius 2 is 1.94 bits per heavy atom. The highest BCUT2D eigenvalue weighted by molar-refractivity contribution is 6.44. The average Bonchev–Trinajstić information content (AvgIpc) is 3.34. The summed E-state index contributed by atoms with van der Waals surface area (Å²) in [6.07, 6.45) is 7.64. The number of anilines is 1. The first-order chi connectivity index (χ1) is 16.6. The minimum absolute atomic E-state index is 0.102. The highest BCUT2D eigenvalue weighted by atomic mass is 16.1. The summed E-state index contributed by atoms with van der Waals surface area (Å²) >= 11 is 0. The number of carbonyl (C=O) groups is 1. The van der Waals surface area contributed by atoms with E-state index in [2.05, 4.69) is 83.8 Å². The zero-order valence-corrected chi connectivity index (χ0v) is 21.9. The van der Waals surface area contributed by atoms with Crippen molar-refractivity contribution in [1.82, 2.24) is 9.80 Å². The molecular formula is C29H39N5O. The number of aliphatic imine (C=N–C) groups is 1. The maximum absolute atomic E-state index is 13.0. The molecule has 1 fully saturated rings. The molecule has 4 rings (SSSR count). The number of rotatable bonds is 6. The van der Waals surface area contributed by atoms with Gasteiger partial charge in [-0.05, 0) is 68.3 Å². The standard InChI is InChI=1S/C29H39N5O/c1-7-33-16-18-34(19-17-33)29(4,5)22-8-9-24(32-27(35)25-10-11-26(30-6)31-25)23(20-22)21-12-14-28(2,3)15-13-21/h8-9,11-12,20H,7,10,13-19H2,1-5H3,(H,32,35). The van der Waals surface area contributed by atoms with Crippen molar-refractivity contribution in [2.24, 2.45) is 10.4 Å². The minimum atomic E-state index is -0.222. The van der Waals surface area contributed by atoms with Crippen LogP contribution < -0.4 is 5.32 Å². The topological polar surface area (TPSA) is 52.3 Å². The van der Waals surface area contributed by atoms with Gasteiger partial charge in [-0.3, -0.25) is 9.69 Å². The molecule has 2 aliphatic heterocycles. The monoisotopic (exact) mass is 473 g/mol. The first-order valence-electron chi connectivity index (χ1n) is 12.9. The lowest BCUT2D eigenvalue weighted by Gasteiger charge is -2.44. The summed E-state index contributed by atoms with van der Waals surface area (Å²) in [5, 5.41) is 3.12. The molecule has 1 aromatic carbocycles. The molecule has 0 saturated carbocycles. The Bertz CT molecular complexity index is 1110. The molecule has 1 saturated heterocycles. The van der Waals surface area contributed by atoms with E-state index in [0.717, 1.165) is 63.2 Å².